The first kappa shape index (κ1) is 10.8. The van der Waals surface area contributed by atoms with Gasteiger partial charge in [-0.05, 0) is 17.7 Å². The van der Waals surface area contributed by atoms with E-state index in [4.69, 9.17) is 5.73 Å². The Hall–Kier alpha value is -1.23. The number of nitrogens with two attached hydrogens (primary N) is 1. The zero-order valence-electron chi connectivity index (χ0n) is 7.56. The monoisotopic (exact) mass is 205 g/mol. The minimum absolute atomic E-state index is 0.189. The zero-order valence-corrected chi connectivity index (χ0v) is 7.56. The molecule has 1 aromatic rings. The van der Waals surface area contributed by atoms with Crippen LogP contribution < -0.4 is 10.5 Å². The maximum Gasteiger partial charge on any atom is 0.419 e. The number of ether oxygens (including phenoxy) is 1. The summed E-state index contributed by atoms with van der Waals surface area (Å²) in [5.74, 6) is -0.194. The number of halogens is 3. The van der Waals surface area contributed by atoms with E-state index in [0.29, 0.717) is 5.56 Å². The minimum Gasteiger partial charge on any atom is -0.496 e. The first-order chi connectivity index (χ1) is 6.49. The highest BCUT2D eigenvalue weighted by molar-refractivity contribution is 5.39. The van der Waals surface area contributed by atoms with E-state index in [0.717, 1.165) is 6.07 Å². The molecule has 0 aromatic heterocycles. The number of benzene rings is 1. The molecule has 0 saturated carbocycles. The summed E-state index contributed by atoms with van der Waals surface area (Å²) in [6.45, 7) is 0.189. The van der Waals surface area contributed by atoms with Crippen molar-refractivity contribution in [2.24, 2.45) is 5.73 Å². The van der Waals surface area contributed by atoms with Crippen molar-refractivity contribution in [3.8, 4) is 5.75 Å². The van der Waals surface area contributed by atoms with Gasteiger partial charge in [0.1, 0.15) is 5.75 Å². The number of methoxy groups -OCH3 is 1. The first-order valence-electron chi connectivity index (χ1n) is 3.93. The van der Waals surface area contributed by atoms with Crippen molar-refractivity contribution in [3.63, 3.8) is 0 Å². The Morgan fingerprint density at radius 1 is 1.36 bits per heavy atom. The molecule has 0 spiro atoms. The summed E-state index contributed by atoms with van der Waals surface area (Å²) in [4.78, 5) is 0. The Morgan fingerprint density at radius 3 is 2.43 bits per heavy atom. The molecule has 2 nitrogen and oxygen atoms in total. The molecule has 0 saturated heterocycles. The van der Waals surface area contributed by atoms with Crippen molar-refractivity contribution in [2.45, 2.75) is 12.7 Å². The topological polar surface area (TPSA) is 35.2 Å². The molecule has 0 heterocycles. The fourth-order valence-electron chi connectivity index (χ4n) is 1.10. The second kappa shape index (κ2) is 3.88. The number of rotatable bonds is 2. The quantitative estimate of drug-likeness (QED) is 0.803. The summed E-state index contributed by atoms with van der Waals surface area (Å²) >= 11 is 0. The van der Waals surface area contributed by atoms with Crippen molar-refractivity contribution in [1.29, 1.82) is 0 Å². The van der Waals surface area contributed by atoms with Crippen LogP contribution in [0.25, 0.3) is 0 Å². The normalized spacial score (nSPS) is 11.5. The van der Waals surface area contributed by atoms with E-state index < -0.39 is 11.7 Å². The molecular formula is C9H10F3NO. The van der Waals surface area contributed by atoms with Crippen LogP contribution in [0.1, 0.15) is 11.1 Å². The maximum atomic E-state index is 12.4. The highest BCUT2D eigenvalue weighted by Crippen LogP contribution is 2.36. The molecule has 0 amide bonds. The van der Waals surface area contributed by atoms with Crippen molar-refractivity contribution in [1.82, 2.24) is 0 Å². The van der Waals surface area contributed by atoms with Crippen LogP contribution in [0.3, 0.4) is 0 Å². The maximum absolute atomic E-state index is 12.4. The summed E-state index contributed by atoms with van der Waals surface area (Å²) in [7, 11) is 1.20. The highest BCUT2D eigenvalue weighted by atomic mass is 19.4. The molecule has 0 aliphatic carbocycles. The van der Waals surface area contributed by atoms with Gasteiger partial charge in [0, 0.05) is 6.54 Å². The predicted molar refractivity (Wildman–Crippen MR) is 45.9 cm³/mol. The molecule has 14 heavy (non-hydrogen) atoms. The molecule has 0 unspecified atom stereocenters. The standard InChI is InChI=1S/C9H10F3NO/c1-14-8-4-6(5-13)2-3-7(8)9(10,11)12/h2-4H,5,13H2,1H3. The van der Waals surface area contributed by atoms with Crippen molar-refractivity contribution in [2.75, 3.05) is 7.11 Å². The molecule has 5 heteroatoms. The summed E-state index contributed by atoms with van der Waals surface area (Å²) in [6, 6.07) is 3.61. The van der Waals surface area contributed by atoms with Crippen LogP contribution >= 0.6 is 0 Å². The number of alkyl halides is 3. The van der Waals surface area contributed by atoms with Crippen molar-refractivity contribution in [3.05, 3.63) is 29.3 Å². The van der Waals surface area contributed by atoms with Crippen LogP contribution in [-0.2, 0) is 12.7 Å². The van der Waals surface area contributed by atoms with E-state index in [-0.39, 0.29) is 12.3 Å². The Morgan fingerprint density at radius 2 is 2.00 bits per heavy atom. The van der Waals surface area contributed by atoms with E-state index in [1.807, 2.05) is 0 Å². The Kier molecular flexibility index (Phi) is 3.00. The summed E-state index contributed by atoms with van der Waals surface area (Å²) in [6.07, 6.45) is -4.39. The first-order valence-corrected chi connectivity index (χ1v) is 3.93. The average Bonchev–Trinajstić information content (AvgIpc) is 2.15. The lowest BCUT2D eigenvalue weighted by molar-refractivity contribution is -0.138. The van der Waals surface area contributed by atoms with Crippen LogP contribution in [0.4, 0.5) is 13.2 Å². The SMILES string of the molecule is COc1cc(CN)ccc1C(F)(F)F. The van der Waals surface area contributed by atoms with Crippen molar-refractivity contribution < 1.29 is 17.9 Å². The Labute approximate surface area is 79.5 Å². The molecule has 0 aliphatic heterocycles. The zero-order chi connectivity index (χ0) is 10.8. The van der Waals surface area contributed by atoms with Gasteiger partial charge in [-0.25, -0.2) is 0 Å². The van der Waals surface area contributed by atoms with Gasteiger partial charge in [0.05, 0.1) is 12.7 Å². The van der Waals surface area contributed by atoms with E-state index in [1.54, 1.807) is 0 Å². The molecule has 1 rings (SSSR count). The van der Waals surface area contributed by atoms with Gasteiger partial charge in [0.25, 0.3) is 0 Å². The lowest BCUT2D eigenvalue weighted by Gasteiger charge is -2.12. The highest BCUT2D eigenvalue weighted by Gasteiger charge is 2.34. The summed E-state index contributed by atoms with van der Waals surface area (Å²) in [5, 5.41) is 0. The molecule has 0 bridgehead atoms. The van der Waals surface area contributed by atoms with E-state index in [9.17, 15) is 13.2 Å². The molecule has 78 valence electrons. The third kappa shape index (κ3) is 2.17. The van der Waals surface area contributed by atoms with Gasteiger partial charge in [-0.2, -0.15) is 13.2 Å². The van der Waals surface area contributed by atoms with Gasteiger partial charge >= 0.3 is 6.18 Å². The minimum atomic E-state index is -4.39. The Bertz CT molecular complexity index is 322. The third-order valence-electron chi connectivity index (χ3n) is 1.81. The molecule has 0 atom stereocenters. The second-order valence-electron chi connectivity index (χ2n) is 2.74. The largest absolute Gasteiger partial charge is 0.496 e. The van der Waals surface area contributed by atoms with Crippen LogP contribution in [0.5, 0.6) is 5.75 Å². The molecule has 0 aliphatic rings. The summed E-state index contributed by atoms with van der Waals surface area (Å²) < 4.78 is 41.7. The predicted octanol–water partition coefficient (Wildman–Crippen LogP) is 2.17. The van der Waals surface area contributed by atoms with Crippen molar-refractivity contribution >= 4 is 0 Å². The van der Waals surface area contributed by atoms with Crippen LogP contribution in [0.2, 0.25) is 0 Å². The van der Waals surface area contributed by atoms with Gasteiger partial charge in [-0.3, -0.25) is 0 Å². The fraction of sp³-hybridized carbons (Fsp3) is 0.333. The van der Waals surface area contributed by atoms with Gasteiger partial charge < -0.3 is 10.5 Å². The Balaban J connectivity index is 3.18. The smallest absolute Gasteiger partial charge is 0.419 e. The number of hydrogen-bond acceptors (Lipinski definition) is 2. The molecular weight excluding hydrogens is 195 g/mol. The van der Waals surface area contributed by atoms with E-state index in [1.165, 1.54) is 19.2 Å². The van der Waals surface area contributed by atoms with Gasteiger partial charge in [-0.1, -0.05) is 6.07 Å². The summed E-state index contributed by atoms with van der Waals surface area (Å²) in [5.41, 5.74) is 5.12. The fourth-order valence-corrected chi connectivity index (χ4v) is 1.10. The molecule has 2 N–H and O–H groups in total. The lowest BCUT2D eigenvalue weighted by Crippen LogP contribution is -2.08. The number of hydrogen-bond donors (Lipinski definition) is 1. The molecule has 1 aromatic carbocycles. The third-order valence-corrected chi connectivity index (χ3v) is 1.81. The van der Waals surface area contributed by atoms with E-state index >= 15 is 0 Å². The lowest BCUT2D eigenvalue weighted by atomic mass is 10.1. The van der Waals surface area contributed by atoms with Crippen LogP contribution in [0.15, 0.2) is 18.2 Å². The molecule has 0 radical (unpaired) electrons. The molecule has 0 fully saturated rings. The van der Waals surface area contributed by atoms with Crippen LogP contribution in [-0.4, -0.2) is 7.11 Å². The van der Waals surface area contributed by atoms with Gasteiger partial charge in [0.2, 0.25) is 0 Å². The van der Waals surface area contributed by atoms with Gasteiger partial charge in [0.15, 0.2) is 0 Å². The average molecular weight is 205 g/mol. The van der Waals surface area contributed by atoms with Crippen LogP contribution in [0, 0.1) is 0 Å². The van der Waals surface area contributed by atoms with Gasteiger partial charge in [-0.15, -0.1) is 0 Å². The van der Waals surface area contributed by atoms with E-state index in [2.05, 4.69) is 4.74 Å². The second-order valence-corrected chi connectivity index (χ2v) is 2.74.